The van der Waals surface area contributed by atoms with Gasteiger partial charge in [-0.2, -0.15) is 0 Å². The van der Waals surface area contributed by atoms with Crippen molar-refractivity contribution >= 4 is 17.8 Å². The number of fused-ring (bicyclic) bond motifs is 2. The number of aliphatic hydroxyl groups is 3. The molecule has 244 valence electrons. The number of nitrogens with zero attached hydrogens (tertiary/aromatic N) is 3. The number of carbonyl (C=O) groups is 2. The van der Waals surface area contributed by atoms with Crippen molar-refractivity contribution in [3.8, 4) is 11.3 Å². The summed E-state index contributed by atoms with van der Waals surface area (Å²) >= 11 is 0. The van der Waals surface area contributed by atoms with E-state index in [0.717, 1.165) is 72.5 Å². The van der Waals surface area contributed by atoms with Crippen molar-refractivity contribution in [3.63, 3.8) is 0 Å². The van der Waals surface area contributed by atoms with Gasteiger partial charge in [0.25, 0.3) is 0 Å². The lowest BCUT2D eigenvalue weighted by molar-refractivity contribution is -0.278. The Bertz CT molecular complexity index is 1580. The van der Waals surface area contributed by atoms with E-state index in [-0.39, 0.29) is 23.8 Å². The summed E-state index contributed by atoms with van der Waals surface area (Å²) in [5, 5.41) is 43.7. The number of pyridine rings is 1. The van der Waals surface area contributed by atoms with Crippen LogP contribution in [0.1, 0.15) is 71.7 Å². The Morgan fingerprint density at radius 2 is 1.72 bits per heavy atom. The second-order valence-electron chi connectivity index (χ2n) is 12.7. The van der Waals surface area contributed by atoms with E-state index in [1.165, 1.54) is 6.20 Å². The number of aliphatic carboxylic acids is 1. The largest absolute Gasteiger partial charge is 0.479 e. The second-order valence-corrected chi connectivity index (χ2v) is 12.7. The second kappa shape index (κ2) is 12.4. The number of esters is 1. The van der Waals surface area contributed by atoms with E-state index in [1.54, 1.807) is 12.1 Å². The summed E-state index contributed by atoms with van der Waals surface area (Å²) in [7, 11) is 0. The van der Waals surface area contributed by atoms with Crippen LogP contribution in [-0.2, 0) is 25.6 Å². The van der Waals surface area contributed by atoms with Crippen LogP contribution in [0.3, 0.4) is 0 Å². The Morgan fingerprint density at radius 3 is 2.37 bits per heavy atom. The van der Waals surface area contributed by atoms with Crippen molar-refractivity contribution in [2.45, 2.75) is 107 Å². The standard InChI is InChI=1S/C33H37N3O10/c1-16-4-2-3-5-22(16)25-23(29(46-35-25)17-6-7-17)15-43-21-12-19-9-10-20(13-21)36(19)24-11-8-18(14-34-24)32(42)45-33-28(39)26(37)27(38)30(44-33)31(40)41/h2-5,8,11,14,17,19-21,26-28,30,33,37-39H,6-7,9-10,12-13,15H2,1H3,(H,40,41)/t19-,20+,21+,26-,27-,28+,30-,33-/m0/s1. The van der Waals surface area contributed by atoms with Gasteiger partial charge in [-0.3, -0.25) is 0 Å². The number of anilines is 1. The number of ether oxygens (including phenoxy) is 3. The molecule has 0 amide bonds. The number of hydrogen-bond acceptors (Lipinski definition) is 12. The number of piperidine rings is 1. The molecule has 1 aromatic carbocycles. The highest BCUT2D eigenvalue weighted by Crippen LogP contribution is 2.45. The number of hydrogen-bond donors (Lipinski definition) is 4. The van der Waals surface area contributed by atoms with E-state index in [9.17, 15) is 30.0 Å². The summed E-state index contributed by atoms with van der Waals surface area (Å²) in [6.07, 6.45) is -1.93. The number of benzene rings is 1. The smallest absolute Gasteiger partial charge is 0.342 e. The fourth-order valence-corrected chi connectivity index (χ4v) is 7.00. The molecule has 5 heterocycles. The molecule has 2 aromatic heterocycles. The molecule has 1 aliphatic carbocycles. The van der Waals surface area contributed by atoms with Gasteiger partial charge < -0.3 is 44.1 Å². The number of aryl methyl sites for hydroxylation is 1. The van der Waals surface area contributed by atoms with Gasteiger partial charge in [-0.15, -0.1) is 0 Å². The van der Waals surface area contributed by atoms with Crippen LogP contribution in [0.2, 0.25) is 0 Å². The van der Waals surface area contributed by atoms with Gasteiger partial charge in [-0.1, -0.05) is 29.4 Å². The molecule has 3 saturated heterocycles. The lowest BCUT2D eigenvalue weighted by Gasteiger charge is -2.39. The summed E-state index contributed by atoms with van der Waals surface area (Å²) in [4.78, 5) is 30.9. The van der Waals surface area contributed by atoms with Gasteiger partial charge >= 0.3 is 11.9 Å². The quantitative estimate of drug-likeness (QED) is 0.252. The molecule has 4 aliphatic rings. The van der Waals surface area contributed by atoms with E-state index < -0.39 is 42.6 Å². The highest BCUT2D eigenvalue weighted by atomic mass is 16.7. The number of carboxylic acid groups (broad SMARTS) is 1. The van der Waals surface area contributed by atoms with Crippen molar-refractivity contribution < 1.29 is 48.7 Å². The van der Waals surface area contributed by atoms with Gasteiger partial charge in [-0.25, -0.2) is 14.6 Å². The molecule has 46 heavy (non-hydrogen) atoms. The number of aliphatic hydroxyl groups excluding tert-OH is 3. The lowest BCUT2D eigenvalue weighted by Crippen LogP contribution is -2.60. The number of carboxylic acids is 1. The Morgan fingerprint density at radius 1 is 0.978 bits per heavy atom. The summed E-state index contributed by atoms with van der Waals surface area (Å²) in [6.45, 7) is 2.52. The van der Waals surface area contributed by atoms with Crippen LogP contribution in [0.15, 0.2) is 47.1 Å². The molecule has 2 bridgehead atoms. The molecular weight excluding hydrogens is 598 g/mol. The number of carbonyl (C=O) groups excluding carboxylic acids is 1. The fourth-order valence-electron chi connectivity index (χ4n) is 7.00. The molecule has 3 aliphatic heterocycles. The lowest BCUT2D eigenvalue weighted by atomic mass is 9.98. The van der Waals surface area contributed by atoms with Crippen molar-refractivity contribution in [1.29, 1.82) is 0 Å². The zero-order valence-corrected chi connectivity index (χ0v) is 25.3. The third kappa shape index (κ3) is 5.77. The molecule has 13 nitrogen and oxygen atoms in total. The highest BCUT2D eigenvalue weighted by molar-refractivity contribution is 5.89. The normalized spacial score (nSPS) is 30.7. The topological polar surface area (TPSA) is 185 Å². The van der Waals surface area contributed by atoms with Crippen LogP contribution in [0.4, 0.5) is 5.82 Å². The first-order valence-electron chi connectivity index (χ1n) is 15.7. The average Bonchev–Trinajstić information content (AvgIpc) is 3.75. The number of rotatable bonds is 9. The fraction of sp³-hybridized carbons (Fsp3) is 0.515. The molecular formula is C33H37N3O10. The van der Waals surface area contributed by atoms with Gasteiger partial charge in [-0.05, 0) is 63.1 Å². The molecule has 7 rings (SSSR count). The monoisotopic (exact) mass is 635 g/mol. The van der Waals surface area contributed by atoms with Gasteiger partial charge in [0.2, 0.25) is 6.29 Å². The third-order valence-corrected chi connectivity index (χ3v) is 9.60. The summed E-state index contributed by atoms with van der Waals surface area (Å²) in [5.74, 6) is -0.410. The van der Waals surface area contributed by atoms with Crippen molar-refractivity contribution in [2.24, 2.45) is 0 Å². The predicted octanol–water partition coefficient (Wildman–Crippen LogP) is 2.69. The van der Waals surface area contributed by atoms with Crippen molar-refractivity contribution in [1.82, 2.24) is 10.1 Å². The van der Waals surface area contributed by atoms with Crippen LogP contribution in [0.5, 0.6) is 0 Å². The SMILES string of the molecule is Cc1ccccc1-c1noc(C2CC2)c1CO[C@H]1C[C@H]2CC[C@@H](C1)N2c1ccc(C(=O)O[C@@H]2O[C@H](C(=O)O)[C@@H](O)[C@H](O)[C@H]2O)cn1. The maximum Gasteiger partial charge on any atom is 0.342 e. The van der Waals surface area contributed by atoms with Crippen LogP contribution < -0.4 is 4.90 Å². The van der Waals surface area contributed by atoms with E-state index in [2.05, 4.69) is 34.1 Å². The minimum absolute atomic E-state index is 0.0576. The maximum atomic E-state index is 12.8. The maximum absolute atomic E-state index is 12.8. The van der Waals surface area contributed by atoms with Crippen LogP contribution >= 0.6 is 0 Å². The molecule has 0 radical (unpaired) electrons. The zero-order valence-electron chi connectivity index (χ0n) is 25.3. The average molecular weight is 636 g/mol. The Kier molecular flexibility index (Phi) is 8.28. The minimum Gasteiger partial charge on any atom is -0.479 e. The van der Waals surface area contributed by atoms with Crippen LogP contribution in [0, 0.1) is 6.92 Å². The Labute approximate surface area is 264 Å². The molecule has 0 unspecified atom stereocenters. The molecule has 8 atom stereocenters. The first kappa shape index (κ1) is 30.8. The summed E-state index contributed by atoms with van der Waals surface area (Å²) < 4.78 is 22.6. The van der Waals surface area contributed by atoms with Crippen LogP contribution in [0.25, 0.3) is 11.3 Å². The van der Waals surface area contributed by atoms with Crippen LogP contribution in [-0.4, -0.2) is 91.4 Å². The third-order valence-electron chi connectivity index (χ3n) is 9.60. The van der Waals surface area contributed by atoms with Gasteiger partial charge in [0.05, 0.1) is 18.3 Å². The Balaban J connectivity index is 0.988. The first-order valence-corrected chi connectivity index (χ1v) is 15.7. The minimum atomic E-state index is -1.88. The van der Waals surface area contributed by atoms with Gasteiger partial charge in [0, 0.05) is 35.3 Å². The van der Waals surface area contributed by atoms with Crippen molar-refractivity contribution in [3.05, 3.63) is 65.0 Å². The summed E-state index contributed by atoms with van der Waals surface area (Å²) in [6, 6.07) is 11.9. The van der Waals surface area contributed by atoms with E-state index in [4.69, 9.17) is 18.7 Å². The molecule has 4 fully saturated rings. The highest BCUT2D eigenvalue weighted by Gasteiger charge is 2.49. The molecule has 1 saturated carbocycles. The van der Waals surface area contributed by atoms with Gasteiger partial charge in [0.1, 0.15) is 35.6 Å². The predicted molar refractivity (Wildman–Crippen MR) is 160 cm³/mol. The van der Waals surface area contributed by atoms with Crippen molar-refractivity contribution in [2.75, 3.05) is 4.90 Å². The van der Waals surface area contributed by atoms with E-state index in [1.807, 2.05) is 12.1 Å². The summed E-state index contributed by atoms with van der Waals surface area (Å²) in [5.41, 5.74) is 4.17. The first-order chi connectivity index (χ1) is 22.2. The molecule has 3 aromatic rings. The Hall–Kier alpha value is -3.88. The molecule has 13 heteroatoms. The van der Waals surface area contributed by atoms with E-state index >= 15 is 0 Å². The molecule has 0 spiro atoms. The molecule has 4 N–H and O–H groups in total. The van der Waals surface area contributed by atoms with E-state index in [0.29, 0.717) is 12.5 Å². The zero-order chi connectivity index (χ0) is 32.1. The van der Waals surface area contributed by atoms with Gasteiger partial charge in [0.15, 0.2) is 6.10 Å². The number of aromatic nitrogens is 2.